The van der Waals surface area contributed by atoms with Crippen LogP contribution in [0.15, 0.2) is 28.8 Å². The molecule has 0 radical (unpaired) electrons. The molecular weight excluding hydrogens is 400 g/mol. The van der Waals surface area contributed by atoms with E-state index in [0.29, 0.717) is 23.1 Å². The van der Waals surface area contributed by atoms with E-state index in [9.17, 15) is 9.59 Å². The second kappa shape index (κ2) is 8.31. The van der Waals surface area contributed by atoms with Crippen molar-refractivity contribution in [3.05, 3.63) is 30.0 Å². The molecular formula is C27H38N2O3. The van der Waals surface area contributed by atoms with Crippen LogP contribution in [0.1, 0.15) is 72.9 Å². The number of para-hydroxylation sites is 1. The van der Waals surface area contributed by atoms with Crippen molar-refractivity contribution in [3.8, 4) is 0 Å². The van der Waals surface area contributed by atoms with Gasteiger partial charge in [0, 0.05) is 30.3 Å². The van der Waals surface area contributed by atoms with Crippen LogP contribution in [-0.2, 0) is 16.0 Å². The molecule has 1 aliphatic heterocycles. The molecule has 0 N–H and O–H groups in total. The van der Waals surface area contributed by atoms with E-state index < -0.39 is 0 Å². The number of amides is 1. The smallest absolute Gasteiger partial charge is 0.226 e. The molecule has 1 amide bonds. The minimum absolute atomic E-state index is 0.0332. The van der Waals surface area contributed by atoms with Gasteiger partial charge in [0.2, 0.25) is 5.91 Å². The summed E-state index contributed by atoms with van der Waals surface area (Å²) in [6.07, 6.45) is 4.15. The van der Waals surface area contributed by atoms with Crippen LogP contribution in [0.2, 0.25) is 0 Å². The molecule has 5 heteroatoms. The Kier molecular flexibility index (Phi) is 5.98. The molecule has 4 atom stereocenters. The molecule has 0 spiro atoms. The van der Waals surface area contributed by atoms with Crippen molar-refractivity contribution in [1.29, 1.82) is 0 Å². The topological polar surface area (TPSA) is 63.4 Å². The van der Waals surface area contributed by atoms with Gasteiger partial charge in [0.15, 0.2) is 5.58 Å². The van der Waals surface area contributed by atoms with Gasteiger partial charge in [-0.3, -0.25) is 9.59 Å². The van der Waals surface area contributed by atoms with Gasteiger partial charge in [-0.1, -0.05) is 65.3 Å². The molecule has 2 heterocycles. The van der Waals surface area contributed by atoms with Crippen molar-refractivity contribution in [1.82, 2.24) is 10.1 Å². The van der Waals surface area contributed by atoms with Crippen LogP contribution in [0, 0.1) is 28.6 Å². The number of fused-ring (bicyclic) bond motifs is 2. The van der Waals surface area contributed by atoms with Crippen molar-refractivity contribution >= 4 is 22.7 Å². The van der Waals surface area contributed by atoms with Gasteiger partial charge in [0.25, 0.3) is 0 Å². The fraction of sp³-hybridized carbons (Fsp3) is 0.667. The third-order valence-corrected chi connectivity index (χ3v) is 7.65. The Hall–Kier alpha value is -2.17. The number of Topliss-reactive ketones (excluding diaryl/α,β-unsaturated/α-hetero) is 1. The molecule has 1 saturated carbocycles. The summed E-state index contributed by atoms with van der Waals surface area (Å²) in [5, 5.41) is 4.99. The first kappa shape index (κ1) is 23.0. The fourth-order valence-electron chi connectivity index (χ4n) is 6.16. The summed E-state index contributed by atoms with van der Waals surface area (Å²) in [6, 6.07) is 7.85. The highest BCUT2D eigenvalue weighted by atomic mass is 16.5. The first-order chi connectivity index (χ1) is 15.0. The Morgan fingerprint density at radius 3 is 2.53 bits per heavy atom. The lowest BCUT2D eigenvalue weighted by Crippen LogP contribution is -2.50. The maximum atomic E-state index is 14.0. The Balaban J connectivity index is 1.54. The van der Waals surface area contributed by atoms with Gasteiger partial charge in [-0.15, -0.1) is 0 Å². The zero-order valence-corrected chi connectivity index (χ0v) is 20.5. The maximum Gasteiger partial charge on any atom is 0.226 e. The van der Waals surface area contributed by atoms with Crippen LogP contribution in [0.4, 0.5) is 0 Å². The van der Waals surface area contributed by atoms with Gasteiger partial charge in [0.05, 0.1) is 12.1 Å². The summed E-state index contributed by atoms with van der Waals surface area (Å²) in [6.45, 7) is 13.9. The van der Waals surface area contributed by atoms with Crippen LogP contribution in [-0.4, -0.2) is 34.3 Å². The molecule has 0 bridgehead atoms. The molecule has 32 heavy (non-hydrogen) atoms. The van der Waals surface area contributed by atoms with E-state index in [1.165, 1.54) is 19.3 Å². The number of benzene rings is 1. The van der Waals surface area contributed by atoms with Crippen molar-refractivity contribution in [2.45, 2.75) is 79.7 Å². The SMILES string of the molecule is CC(C)(C)C1[C@H]2CCC[C@H]2CN1C(=O)[C@@H](CC(=O)Cc1noc2ccccc12)C(C)(C)C. The highest BCUT2D eigenvalue weighted by Gasteiger charge is 2.52. The minimum Gasteiger partial charge on any atom is -0.356 e. The average Bonchev–Trinajstić information content (AvgIpc) is 3.38. The van der Waals surface area contributed by atoms with Crippen LogP contribution in [0.25, 0.3) is 11.0 Å². The zero-order chi connectivity index (χ0) is 23.3. The van der Waals surface area contributed by atoms with Gasteiger partial charge >= 0.3 is 0 Å². The van der Waals surface area contributed by atoms with E-state index >= 15 is 0 Å². The van der Waals surface area contributed by atoms with E-state index in [2.05, 4.69) is 51.6 Å². The summed E-state index contributed by atoms with van der Waals surface area (Å²) in [7, 11) is 0. The van der Waals surface area contributed by atoms with Gasteiger partial charge in [-0.05, 0) is 47.6 Å². The number of ketones is 1. The highest BCUT2D eigenvalue weighted by Crippen LogP contribution is 2.49. The third-order valence-electron chi connectivity index (χ3n) is 7.65. The lowest BCUT2D eigenvalue weighted by molar-refractivity contribution is -0.145. The molecule has 1 aliphatic carbocycles. The number of rotatable bonds is 5. The highest BCUT2D eigenvalue weighted by molar-refractivity contribution is 5.91. The molecule has 5 nitrogen and oxygen atoms in total. The van der Waals surface area contributed by atoms with E-state index in [0.717, 1.165) is 11.9 Å². The summed E-state index contributed by atoms with van der Waals surface area (Å²) >= 11 is 0. The molecule has 2 aromatic rings. The monoisotopic (exact) mass is 438 g/mol. The first-order valence-electron chi connectivity index (χ1n) is 12.1. The number of carbonyl (C=O) groups excluding carboxylic acids is 2. The summed E-state index contributed by atoms with van der Waals surface area (Å²) in [4.78, 5) is 29.3. The van der Waals surface area contributed by atoms with Crippen LogP contribution < -0.4 is 0 Å². The molecule has 4 rings (SSSR count). The molecule has 1 aromatic carbocycles. The predicted octanol–water partition coefficient (Wildman–Crippen LogP) is 5.67. The van der Waals surface area contributed by atoms with Gasteiger partial charge < -0.3 is 9.42 Å². The molecule has 1 unspecified atom stereocenters. The number of carbonyl (C=O) groups is 2. The number of nitrogens with zero attached hydrogens (tertiary/aromatic N) is 2. The fourth-order valence-corrected chi connectivity index (χ4v) is 6.16. The Labute approximate surface area is 191 Å². The minimum atomic E-state index is -0.336. The van der Waals surface area contributed by atoms with Gasteiger partial charge in [-0.2, -0.15) is 0 Å². The van der Waals surface area contributed by atoms with Gasteiger partial charge in [0.1, 0.15) is 5.78 Å². The second-order valence-corrected chi connectivity index (χ2v) is 12.1. The summed E-state index contributed by atoms with van der Waals surface area (Å²) in [5.74, 6) is 1.07. The summed E-state index contributed by atoms with van der Waals surface area (Å²) < 4.78 is 5.37. The second-order valence-electron chi connectivity index (χ2n) is 12.1. The Morgan fingerprint density at radius 1 is 1.12 bits per heavy atom. The average molecular weight is 439 g/mol. The van der Waals surface area contributed by atoms with E-state index in [1.807, 2.05) is 24.3 Å². The van der Waals surface area contributed by atoms with E-state index in [-0.39, 0.29) is 47.3 Å². The van der Waals surface area contributed by atoms with Crippen LogP contribution >= 0.6 is 0 Å². The molecule has 2 fully saturated rings. The third kappa shape index (κ3) is 4.35. The summed E-state index contributed by atoms with van der Waals surface area (Å²) in [5.41, 5.74) is 1.09. The largest absolute Gasteiger partial charge is 0.356 e. The van der Waals surface area contributed by atoms with E-state index in [4.69, 9.17) is 4.52 Å². The lowest BCUT2D eigenvalue weighted by atomic mass is 9.74. The lowest BCUT2D eigenvalue weighted by Gasteiger charge is -2.41. The van der Waals surface area contributed by atoms with Crippen molar-refractivity contribution in [3.63, 3.8) is 0 Å². The van der Waals surface area contributed by atoms with Crippen molar-refractivity contribution < 1.29 is 14.1 Å². The van der Waals surface area contributed by atoms with Crippen molar-refractivity contribution in [2.75, 3.05) is 6.54 Å². The zero-order valence-electron chi connectivity index (χ0n) is 20.5. The molecule has 1 aromatic heterocycles. The number of hydrogen-bond acceptors (Lipinski definition) is 4. The molecule has 1 saturated heterocycles. The number of hydrogen-bond donors (Lipinski definition) is 0. The Morgan fingerprint density at radius 2 is 1.84 bits per heavy atom. The van der Waals surface area contributed by atoms with E-state index in [1.54, 1.807) is 0 Å². The maximum absolute atomic E-state index is 14.0. The standard InChI is InChI=1S/C27H38N2O3/c1-26(2,3)21(14-18(30)15-22-20-11-7-8-13-23(20)32-28-22)25(31)29-16-17-10-9-12-19(17)24(29)27(4,5)6/h7-8,11,13,17,19,21,24H,9-10,12,14-16H2,1-6H3/t17-,19-,21+,24?/m0/s1. The quantitative estimate of drug-likeness (QED) is 0.604. The predicted molar refractivity (Wildman–Crippen MR) is 126 cm³/mol. The molecule has 174 valence electrons. The van der Waals surface area contributed by atoms with Gasteiger partial charge in [-0.25, -0.2) is 0 Å². The van der Waals surface area contributed by atoms with Crippen LogP contribution in [0.3, 0.4) is 0 Å². The molecule has 2 aliphatic rings. The first-order valence-corrected chi connectivity index (χ1v) is 12.1. The normalized spacial score (nSPS) is 24.7. The number of likely N-dealkylation sites (tertiary alicyclic amines) is 1. The van der Waals surface area contributed by atoms with Crippen molar-refractivity contribution in [2.24, 2.45) is 28.6 Å². The Bertz CT molecular complexity index is 994. The number of aromatic nitrogens is 1. The van der Waals surface area contributed by atoms with Crippen LogP contribution in [0.5, 0.6) is 0 Å².